The van der Waals surface area contributed by atoms with Gasteiger partial charge in [-0.25, -0.2) is 0 Å². The molecule has 0 saturated carbocycles. The van der Waals surface area contributed by atoms with Gasteiger partial charge in [0.2, 0.25) is 0 Å². The Morgan fingerprint density at radius 2 is 2.19 bits per heavy atom. The van der Waals surface area contributed by atoms with Crippen LogP contribution in [0.4, 0.5) is 0 Å². The summed E-state index contributed by atoms with van der Waals surface area (Å²) in [5.41, 5.74) is 0.406. The number of halogens is 1. The van der Waals surface area contributed by atoms with E-state index in [1.807, 2.05) is 0 Å². The van der Waals surface area contributed by atoms with Gasteiger partial charge in [0.25, 0.3) is 0 Å². The maximum atomic E-state index is 10.6. The van der Waals surface area contributed by atoms with Crippen LogP contribution in [0, 0.1) is 0 Å². The maximum absolute atomic E-state index is 10.6. The van der Waals surface area contributed by atoms with E-state index in [1.54, 1.807) is 13.0 Å². The number of aliphatic carboxylic acids is 1. The normalized spacial score (nSPS) is 12.2. The lowest BCUT2D eigenvalue weighted by atomic mass is 9.96. The fourth-order valence-electron chi connectivity index (χ4n) is 1.56. The van der Waals surface area contributed by atoms with E-state index in [4.69, 9.17) is 21.4 Å². The molecule has 1 unspecified atom stereocenters. The Bertz CT molecular complexity index is 403. The summed E-state index contributed by atoms with van der Waals surface area (Å²) in [6, 6.07) is 3.11. The highest BCUT2D eigenvalue weighted by atomic mass is 35.5. The second-order valence-electron chi connectivity index (χ2n) is 3.51. The predicted octanol–water partition coefficient (Wildman–Crippen LogP) is 2.63. The smallest absolute Gasteiger partial charge is 0.303 e. The highest BCUT2D eigenvalue weighted by Gasteiger charge is 2.20. The number of benzene rings is 1. The molecular weight excluding hydrogens is 232 g/mol. The standard InChI is InChI=1S/C11H13ClO4/c1-6(5-9(13)14)10-7(12)3-4-8(16-2)11(10)15/h3-4,6,15H,5H2,1-2H3,(H,13,14). The Kier molecular flexibility index (Phi) is 4.01. The zero-order chi connectivity index (χ0) is 12.3. The monoisotopic (exact) mass is 244 g/mol. The van der Waals surface area contributed by atoms with E-state index < -0.39 is 5.97 Å². The molecule has 0 saturated heterocycles. The molecule has 0 aliphatic heterocycles. The lowest BCUT2D eigenvalue weighted by Crippen LogP contribution is -2.04. The number of carboxylic acid groups (broad SMARTS) is 1. The van der Waals surface area contributed by atoms with Crippen molar-refractivity contribution in [3.8, 4) is 11.5 Å². The van der Waals surface area contributed by atoms with E-state index in [1.165, 1.54) is 13.2 Å². The highest BCUT2D eigenvalue weighted by molar-refractivity contribution is 6.31. The number of hydrogen-bond acceptors (Lipinski definition) is 3. The Morgan fingerprint density at radius 1 is 1.56 bits per heavy atom. The molecule has 1 rings (SSSR count). The molecule has 16 heavy (non-hydrogen) atoms. The third kappa shape index (κ3) is 2.58. The number of carbonyl (C=O) groups is 1. The zero-order valence-electron chi connectivity index (χ0n) is 9.03. The van der Waals surface area contributed by atoms with Gasteiger partial charge in [-0.05, 0) is 18.1 Å². The molecule has 1 atom stereocenters. The van der Waals surface area contributed by atoms with Crippen LogP contribution in [0.1, 0.15) is 24.8 Å². The van der Waals surface area contributed by atoms with Crippen LogP contribution in [0.15, 0.2) is 12.1 Å². The predicted molar refractivity (Wildman–Crippen MR) is 60.3 cm³/mol. The summed E-state index contributed by atoms with van der Waals surface area (Å²) in [5, 5.41) is 18.9. The van der Waals surface area contributed by atoms with Crippen molar-refractivity contribution in [3.63, 3.8) is 0 Å². The molecular formula is C11H13ClO4. The van der Waals surface area contributed by atoms with E-state index in [2.05, 4.69) is 0 Å². The number of aromatic hydroxyl groups is 1. The number of ether oxygens (including phenoxy) is 1. The molecule has 88 valence electrons. The number of phenolic OH excluding ortho intramolecular Hbond substituents is 1. The summed E-state index contributed by atoms with van der Waals surface area (Å²) in [4.78, 5) is 10.6. The van der Waals surface area contributed by atoms with Crippen molar-refractivity contribution in [1.82, 2.24) is 0 Å². The highest BCUT2D eigenvalue weighted by Crippen LogP contribution is 2.40. The molecule has 0 aliphatic rings. The Balaban J connectivity index is 3.15. The van der Waals surface area contributed by atoms with E-state index in [0.717, 1.165) is 0 Å². The molecule has 0 aromatic heterocycles. The summed E-state index contributed by atoms with van der Waals surface area (Å²) in [6.45, 7) is 1.69. The maximum Gasteiger partial charge on any atom is 0.303 e. The second kappa shape index (κ2) is 5.07. The molecule has 0 bridgehead atoms. The van der Waals surface area contributed by atoms with Gasteiger partial charge < -0.3 is 14.9 Å². The minimum atomic E-state index is -0.939. The summed E-state index contributed by atoms with van der Waals surface area (Å²) in [7, 11) is 1.43. The first-order chi connectivity index (χ1) is 7.47. The van der Waals surface area contributed by atoms with Crippen LogP contribution >= 0.6 is 11.6 Å². The van der Waals surface area contributed by atoms with E-state index >= 15 is 0 Å². The number of carboxylic acids is 1. The van der Waals surface area contributed by atoms with Crippen molar-refractivity contribution in [2.75, 3.05) is 7.11 Å². The molecule has 0 aliphatic carbocycles. The SMILES string of the molecule is COc1ccc(Cl)c(C(C)CC(=O)O)c1O. The van der Waals surface area contributed by atoms with Crippen molar-refractivity contribution in [3.05, 3.63) is 22.7 Å². The van der Waals surface area contributed by atoms with Gasteiger partial charge in [-0.1, -0.05) is 18.5 Å². The van der Waals surface area contributed by atoms with Gasteiger partial charge >= 0.3 is 5.97 Å². The molecule has 0 fully saturated rings. The van der Waals surface area contributed by atoms with Gasteiger partial charge in [0.05, 0.1) is 13.5 Å². The van der Waals surface area contributed by atoms with E-state index in [-0.39, 0.29) is 23.8 Å². The van der Waals surface area contributed by atoms with Gasteiger partial charge in [0.15, 0.2) is 11.5 Å². The van der Waals surface area contributed by atoms with Crippen molar-refractivity contribution in [1.29, 1.82) is 0 Å². The number of rotatable bonds is 4. The van der Waals surface area contributed by atoms with Crippen LogP contribution in [0.5, 0.6) is 11.5 Å². The minimum absolute atomic E-state index is 0.0937. The lowest BCUT2D eigenvalue weighted by Gasteiger charge is -2.15. The van der Waals surface area contributed by atoms with Crippen molar-refractivity contribution in [2.24, 2.45) is 0 Å². The van der Waals surface area contributed by atoms with Crippen LogP contribution in [0.3, 0.4) is 0 Å². The molecule has 1 aromatic carbocycles. The molecule has 5 heteroatoms. The molecule has 0 radical (unpaired) electrons. The Hall–Kier alpha value is -1.42. The van der Waals surface area contributed by atoms with Crippen LogP contribution in [0.25, 0.3) is 0 Å². The minimum Gasteiger partial charge on any atom is -0.504 e. The van der Waals surface area contributed by atoms with Crippen LogP contribution < -0.4 is 4.74 Å². The quantitative estimate of drug-likeness (QED) is 0.855. The van der Waals surface area contributed by atoms with Crippen molar-refractivity contribution >= 4 is 17.6 Å². The van der Waals surface area contributed by atoms with Gasteiger partial charge in [0.1, 0.15) is 0 Å². The average molecular weight is 245 g/mol. The first kappa shape index (κ1) is 12.6. The Morgan fingerprint density at radius 3 is 2.69 bits per heavy atom. The zero-order valence-corrected chi connectivity index (χ0v) is 9.78. The average Bonchev–Trinajstić information content (AvgIpc) is 2.16. The fourth-order valence-corrected chi connectivity index (χ4v) is 1.90. The molecule has 2 N–H and O–H groups in total. The van der Waals surface area contributed by atoms with E-state index in [0.29, 0.717) is 10.6 Å². The number of methoxy groups -OCH3 is 1. The van der Waals surface area contributed by atoms with Gasteiger partial charge in [-0.3, -0.25) is 4.79 Å². The third-order valence-electron chi connectivity index (χ3n) is 2.32. The van der Waals surface area contributed by atoms with Crippen LogP contribution in [0.2, 0.25) is 5.02 Å². The van der Waals surface area contributed by atoms with E-state index in [9.17, 15) is 9.90 Å². The third-order valence-corrected chi connectivity index (χ3v) is 2.65. The summed E-state index contributed by atoms with van der Waals surface area (Å²) in [6.07, 6.45) is -0.0968. The first-order valence-electron chi connectivity index (χ1n) is 4.74. The summed E-state index contributed by atoms with van der Waals surface area (Å²) in [5.74, 6) is -1.12. The topological polar surface area (TPSA) is 66.8 Å². The number of hydrogen-bond donors (Lipinski definition) is 2. The second-order valence-corrected chi connectivity index (χ2v) is 3.92. The summed E-state index contributed by atoms with van der Waals surface area (Å²) >= 11 is 5.93. The summed E-state index contributed by atoms with van der Waals surface area (Å²) < 4.78 is 4.94. The van der Waals surface area contributed by atoms with Gasteiger partial charge in [-0.2, -0.15) is 0 Å². The molecule has 0 spiro atoms. The molecule has 1 aromatic rings. The largest absolute Gasteiger partial charge is 0.504 e. The Labute approximate surface area is 98.4 Å². The fraction of sp³-hybridized carbons (Fsp3) is 0.364. The molecule has 4 nitrogen and oxygen atoms in total. The van der Waals surface area contributed by atoms with Crippen LogP contribution in [-0.4, -0.2) is 23.3 Å². The van der Waals surface area contributed by atoms with Gasteiger partial charge in [-0.15, -0.1) is 0 Å². The number of phenols is 1. The lowest BCUT2D eigenvalue weighted by molar-refractivity contribution is -0.137. The molecule has 0 heterocycles. The van der Waals surface area contributed by atoms with Crippen LogP contribution in [-0.2, 0) is 4.79 Å². The van der Waals surface area contributed by atoms with Gasteiger partial charge in [0, 0.05) is 10.6 Å². The van der Waals surface area contributed by atoms with Crippen molar-refractivity contribution < 1.29 is 19.7 Å². The molecule has 0 amide bonds. The van der Waals surface area contributed by atoms with Crippen molar-refractivity contribution in [2.45, 2.75) is 19.3 Å². The first-order valence-corrected chi connectivity index (χ1v) is 5.12.